The van der Waals surface area contributed by atoms with Crippen LogP contribution in [0.2, 0.25) is 5.02 Å². The standard InChI is InChI=1S/C23H22ClNO4/c1-28-20-12-5-7-14(23(20)29-2)15-13-21(27)25(17-9-4-3-8-16(17)24)18-10-6-11-19(26)22(15)18/h3-5,7-9,12,15H,6,10-11,13H2,1-2H3/t15-/m0/s1. The number of amides is 1. The molecule has 5 nitrogen and oxygen atoms in total. The van der Waals surface area contributed by atoms with E-state index < -0.39 is 0 Å². The highest BCUT2D eigenvalue weighted by molar-refractivity contribution is 6.34. The van der Waals surface area contributed by atoms with E-state index in [1.54, 1.807) is 31.3 Å². The van der Waals surface area contributed by atoms with Crippen molar-refractivity contribution in [1.29, 1.82) is 0 Å². The monoisotopic (exact) mass is 411 g/mol. The molecule has 0 saturated carbocycles. The molecule has 2 aromatic rings. The van der Waals surface area contributed by atoms with Crippen LogP contribution in [0, 0.1) is 0 Å². The van der Waals surface area contributed by atoms with Crippen molar-refractivity contribution in [2.24, 2.45) is 0 Å². The number of benzene rings is 2. The van der Waals surface area contributed by atoms with E-state index in [1.165, 1.54) is 0 Å². The molecular formula is C23H22ClNO4. The van der Waals surface area contributed by atoms with Gasteiger partial charge in [-0.1, -0.05) is 35.9 Å². The number of carbonyl (C=O) groups excluding carboxylic acids is 2. The molecule has 0 unspecified atom stereocenters. The molecule has 1 aliphatic heterocycles. The lowest BCUT2D eigenvalue weighted by atomic mass is 9.76. The number of methoxy groups -OCH3 is 2. The Balaban J connectivity index is 1.91. The molecule has 1 aliphatic carbocycles. The number of para-hydroxylation sites is 2. The molecule has 0 spiro atoms. The molecule has 29 heavy (non-hydrogen) atoms. The minimum atomic E-state index is -0.367. The van der Waals surface area contributed by atoms with Crippen LogP contribution in [0.25, 0.3) is 0 Å². The lowest BCUT2D eigenvalue weighted by Gasteiger charge is -2.39. The van der Waals surface area contributed by atoms with Gasteiger partial charge in [0.1, 0.15) is 0 Å². The fourth-order valence-corrected chi connectivity index (χ4v) is 4.58. The van der Waals surface area contributed by atoms with E-state index in [-0.39, 0.29) is 24.0 Å². The van der Waals surface area contributed by atoms with Crippen LogP contribution in [-0.4, -0.2) is 25.9 Å². The van der Waals surface area contributed by atoms with Gasteiger partial charge >= 0.3 is 0 Å². The molecule has 0 bridgehead atoms. The van der Waals surface area contributed by atoms with Crippen LogP contribution in [0.1, 0.15) is 37.2 Å². The SMILES string of the molecule is COc1cccc([C@@H]2CC(=O)N(c3ccccc3Cl)C3=C2C(=O)CCC3)c1OC. The summed E-state index contributed by atoms with van der Waals surface area (Å²) in [5, 5.41) is 0.489. The Morgan fingerprint density at radius 3 is 2.52 bits per heavy atom. The summed E-state index contributed by atoms with van der Waals surface area (Å²) in [5.41, 5.74) is 2.85. The minimum absolute atomic E-state index is 0.0747. The molecule has 4 rings (SSSR count). The third-order valence-corrected chi connectivity index (χ3v) is 5.90. The Labute approximate surface area is 174 Å². The lowest BCUT2D eigenvalue weighted by molar-refractivity contribution is -0.119. The van der Waals surface area contributed by atoms with Crippen molar-refractivity contribution in [3.8, 4) is 11.5 Å². The number of allylic oxidation sites excluding steroid dienone is 2. The van der Waals surface area contributed by atoms with Gasteiger partial charge in [-0.3, -0.25) is 14.5 Å². The summed E-state index contributed by atoms with van der Waals surface area (Å²) in [7, 11) is 3.14. The number of anilines is 1. The smallest absolute Gasteiger partial charge is 0.232 e. The molecule has 0 aromatic heterocycles. The number of carbonyl (C=O) groups is 2. The maximum absolute atomic E-state index is 13.3. The zero-order valence-electron chi connectivity index (χ0n) is 16.4. The number of ketones is 1. The third-order valence-electron chi connectivity index (χ3n) is 5.58. The van der Waals surface area contributed by atoms with Gasteiger partial charge in [0.15, 0.2) is 17.3 Å². The van der Waals surface area contributed by atoms with Gasteiger partial charge in [-0.25, -0.2) is 0 Å². The molecule has 0 fully saturated rings. The van der Waals surface area contributed by atoms with Gasteiger partial charge < -0.3 is 9.47 Å². The lowest BCUT2D eigenvalue weighted by Crippen LogP contribution is -2.40. The van der Waals surface area contributed by atoms with E-state index in [9.17, 15) is 9.59 Å². The Morgan fingerprint density at radius 1 is 1.00 bits per heavy atom. The molecule has 1 amide bonds. The van der Waals surface area contributed by atoms with Crippen LogP contribution in [0.4, 0.5) is 5.69 Å². The number of ether oxygens (including phenoxy) is 2. The number of hydrogen-bond donors (Lipinski definition) is 0. The second-order valence-corrected chi connectivity index (χ2v) is 7.56. The van der Waals surface area contributed by atoms with Gasteiger partial charge in [-0.05, 0) is 31.0 Å². The first-order valence-corrected chi connectivity index (χ1v) is 9.99. The third kappa shape index (κ3) is 3.29. The maximum atomic E-state index is 13.3. The van der Waals surface area contributed by atoms with Crippen LogP contribution >= 0.6 is 11.6 Å². The van der Waals surface area contributed by atoms with Crippen LogP contribution in [0.5, 0.6) is 11.5 Å². The van der Waals surface area contributed by atoms with E-state index in [2.05, 4.69) is 0 Å². The van der Waals surface area contributed by atoms with Gasteiger partial charge in [0.25, 0.3) is 0 Å². The topological polar surface area (TPSA) is 55.8 Å². The molecule has 150 valence electrons. The summed E-state index contributed by atoms with van der Waals surface area (Å²) in [5.74, 6) is 0.766. The van der Waals surface area contributed by atoms with Crippen LogP contribution in [-0.2, 0) is 9.59 Å². The highest BCUT2D eigenvalue weighted by Crippen LogP contribution is 2.48. The molecule has 0 N–H and O–H groups in total. The molecule has 0 radical (unpaired) electrons. The Hall–Kier alpha value is -2.79. The van der Waals surface area contributed by atoms with Crippen molar-refractivity contribution in [1.82, 2.24) is 0 Å². The van der Waals surface area contributed by atoms with Gasteiger partial charge in [0.2, 0.25) is 5.91 Å². The van der Waals surface area contributed by atoms with Crippen LogP contribution < -0.4 is 14.4 Å². The molecule has 1 heterocycles. The molecule has 1 atom stereocenters. The fourth-order valence-electron chi connectivity index (χ4n) is 4.36. The quantitative estimate of drug-likeness (QED) is 0.719. The molecule has 2 aromatic carbocycles. The van der Waals surface area contributed by atoms with E-state index in [0.29, 0.717) is 47.0 Å². The summed E-state index contributed by atoms with van der Waals surface area (Å²) in [6, 6.07) is 12.8. The summed E-state index contributed by atoms with van der Waals surface area (Å²) >= 11 is 6.39. The van der Waals surface area contributed by atoms with E-state index in [0.717, 1.165) is 11.3 Å². The van der Waals surface area contributed by atoms with Crippen molar-refractivity contribution >= 4 is 29.0 Å². The predicted octanol–water partition coefficient (Wildman–Crippen LogP) is 4.88. The number of nitrogens with zero attached hydrogens (tertiary/aromatic N) is 1. The first-order chi connectivity index (χ1) is 14.1. The maximum Gasteiger partial charge on any atom is 0.232 e. The van der Waals surface area contributed by atoms with Gasteiger partial charge in [-0.2, -0.15) is 0 Å². The zero-order chi connectivity index (χ0) is 20.5. The van der Waals surface area contributed by atoms with Crippen molar-refractivity contribution in [2.45, 2.75) is 31.6 Å². The first kappa shape index (κ1) is 19.5. The number of rotatable bonds is 4. The summed E-state index contributed by atoms with van der Waals surface area (Å²) in [4.78, 5) is 28.0. The average molecular weight is 412 g/mol. The first-order valence-electron chi connectivity index (χ1n) is 9.61. The van der Waals surface area contributed by atoms with E-state index in [4.69, 9.17) is 21.1 Å². The zero-order valence-corrected chi connectivity index (χ0v) is 17.2. The van der Waals surface area contributed by atoms with Crippen molar-refractivity contribution in [3.63, 3.8) is 0 Å². The van der Waals surface area contributed by atoms with E-state index in [1.807, 2.05) is 30.3 Å². The summed E-state index contributed by atoms with van der Waals surface area (Å²) in [6.45, 7) is 0. The normalized spacial score (nSPS) is 19.3. The highest BCUT2D eigenvalue weighted by atomic mass is 35.5. The average Bonchev–Trinajstić information content (AvgIpc) is 2.73. The second-order valence-electron chi connectivity index (χ2n) is 7.16. The second kappa shape index (κ2) is 7.91. The molecule has 6 heteroatoms. The largest absolute Gasteiger partial charge is 0.493 e. The minimum Gasteiger partial charge on any atom is -0.493 e. The Bertz CT molecular complexity index is 1010. The van der Waals surface area contributed by atoms with Crippen LogP contribution in [0.15, 0.2) is 53.7 Å². The number of hydrogen-bond acceptors (Lipinski definition) is 4. The van der Waals surface area contributed by atoms with Crippen molar-refractivity contribution < 1.29 is 19.1 Å². The fraction of sp³-hybridized carbons (Fsp3) is 0.304. The summed E-state index contributed by atoms with van der Waals surface area (Å²) < 4.78 is 11.0. The molecular weight excluding hydrogens is 390 g/mol. The van der Waals surface area contributed by atoms with Crippen molar-refractivity contribution in [3.05, 3.63) is 64.3 Å². The number of halogens is 1. The predicted molar refractivity (Wildman–Crippen MR) is 112 cm³/mol. The molecule has 2 aliphatic rings. The van der Waals surface area contributed by atoms with Gasteiger partial charge in [0.05, 0.1) is 24.9 Å². The van der Waals surface area contributed by atoms with Gasteiger partial charge in [0, 0.05) is 35.6 Å². The van der Waals surface area contributed by atoms with Gasteiger partial charge in [-0.15, -0.1) is 0 Å². The summed E-state index contributed by atoms with van der Waals surface area (Å²) in [6.07, 6.45) is 2.01. The van der Waals surface area contributed by atoms with Crippen LogP contribution in [0.3, 0.4) is 0 Å². The highest BCUT2D eigenvalue weighted by Gasteiger charge is 2.41. The number of Topliss-reactive ketones (excluding diaryl/α,β-unsaturated/α-hetero) is 1. The van der Waals surface area contributed by atoms with E-state index >= 15 is 0 Å². The molecule has 0 saturated heterocycles. The Kier molecular flexibility index (Phi) is 5.33. The Morgan fingerprint density at radius 2 is 1.79 bits per heavy atom. The van der Waals surface area contributed by atoms with Crippen molar-refractivity contribution in [2.75, 3.05) is 19.1 Å².